The quantitative estimate of drug-likeness (QED) is 0.500. The Hall–Kier alpha value is -0.120. The monoisotopic (exact) mass is 350 g/mol. The number of rotatable bonds is 4. The van der Waals surface area contributed by atoms with E-state index in [0.29, 0.717) is 11.8 Å². The van der Waals surface area contributed by atoms with Crippen LogP contribution >= 0.6 is 23.2 Å². The van der Waals surface area contributed by atoms with Crippen molar-refractivity contribution in [3.63, 3.8) is 0 Å². The van der Waals surface area contributed by atoms with Crippen molar-refractivity contribution in [1.29, 1.82) is 0 Å². The zero-order valence-corrected chi connectivity index (χ0v) is 10.2. The van der Waals surface area contributed by atoms with E-state index in [4.69, 9.17) is 23.2 Å². The minimum atomic E-state index is -7.00. The van der Waals surface area contributed by atoms with Crippen molar-refractivity contribution in [2.45, 2.75) is 23.9 Å². The molecule has 19 heavy (non-hydrogen) atoms. The van der Waals surface area contributed by atoms with Crippen LogP contribution in [0.2, 0.25) is 0 Å². The van der Waals surface area contributed by atoms with Gasteiger partial charge in [-0.2, -0.15) is 39.5 Å². The molecule has 0 unspecified atom stereocenters. The van der Waals surface area contributed by atoms with E-state index in [1.165, 1.54) is 0 Å². The maximum Gasteiger partial charge on any atom is 0.460 e. The summed E-state index contributed by atoms with van der Waals surface area (Å²) in [6.07, 6.45) is -6.89. The smallest absolute Gasteiger partial charge is 0.244 e. The lowest BCUT2D eigenvalue weighted by atomic mass is 10.1. The molecule has 0 N–H and O–H groups in total. The second-order valence-corrected chi connectivity index (χ2v) is 3.62. The van der Waals surface area contributed by atoms with Crippen molar-refractivity contribution in [3.8, 4) is 0 Å². The molecule has 0 aliphatic heterocycles. The highest BCUT2D eigenvalue weighted by atomic mass is 35.5. The van der Waals surface area contributed by atoms with Crippen molar-refractivity contribution in [3.05, 3.63) is 0 Å². The standard InChI is InChI=1S/C5H2F10.C2H4Cl2/c6-1-2(7,8)3(9,10)4(11,12)5(13,14)15;3-1-2-4/h1H2;1-2H2. The predicted octanol–water partition coefficient (Wildman–Crippen LogP) is 4.89. The van der Waals surface area contributed by atoms with Crippen molar-refractivity contribution in [1.82, 2.24) is 0 Å². The van der Waals surface area contributed by atoms with Crippen LogP contribution in [0.1, 0.15) is 0 Å². The number of hydrogen-bond donors (Lipinski definition) is 0. The van der Waals surface area contributed by atoms with E-state index in [2.05, 4.69) is 0 Å². The zero-order chi connectivity index (χ0) is 16.1. The fourth-order valence-corrected chi connectivity index (χ4v) is 0.492. The van der Waals surface area contributed by atoms with Crippen molar-refractivity contribution < 1.29 is 43.9 Å². The summed E-state index contributed by atoms with van der Waals surface area (Å²) in [5.74, 6) is -18.8. The third-order valence-corrected chi connectivity index (χ3v) is 2.02. The van der Waals surface area contributed by atoms with Gasteiger partial charge in [0.1, 0.15) is 0 Å². The first-order valence-corrected chi connectivity index (χ1v) is 5.18. The normalized spacial score (nSPS) is 13.9. The van der Waals surface area contributed by atoms with Gasteiger partial charge in [0.15, 0.2) is 6.67 Å². The molecule has 0 aliphatic rings. The fourth-order valence-electron chi connectivity index (χ4n) is 0.492. The Balaban J connectivity index is 0. The molecule has 0 aromatic heterocycles. The van der Waals surface area contributed by atoms with Crippen LogP contribution < -0.4 is 0 Å². The van der Waals surface area contributed by atoms with E-state index in [1.807, 2.05) is 0 Å². The second kappa shape index (κ2) is 7.05. The third kappa shape index (κ3) is 4.73. The summed E-state index contributed by atoms with van der Waals surface area (Å²) in [5, 5.41) is 0. The van der Waals surface area contributed by atoms with Crippen molar-refractivity contribution in [2.75, 3.05) is 18.4 Å². The Labute approximate surface area is 110 Å². The lowest BCUT2D eigenvalue weighted by Crippen LogP contribution is -2.61. The highest BCUT2D eigenvalue weighted by Gasteiger charge is 2.81. The number of halogens is 12. The van der Waals surface area contributed by atoms with Crippen molar-refractivity contribution >= 4 is 23.2 Å². The average molecular weight is 351 g/mol. The van der Waals surface area contributed by atoms with E-state index in [1.54, 1.807) is 0 Å². The van der Waals surface area contributed by atoms with Crippen LogP contribution in [0.5, 0.6) is 0 Å². The van der Waals surface area contributed by atoms with Crippen molar-refractivity contribution in [2.24, 2.45) is 0 Å². The first-order chi connectivity index (χ1) is 8.22. The zero-order valence-electron chi connectivity index (χ0n) is 8.66. The van der Waals surface area contributed by atoms with Crippen LogP contribution in [0.3, 0.4) is 0 Å². The molecule has 0 nitrogen and oxygen atoms in total. The molecule has 0 fully saturated rings. The molecule has 12 heteroatoms. The molecular weight excluding hydrogens is 345 g/mol. The Kier molecular flexibility index (Phi) is 7.86. The predicted molar refractivity (Wildman–Crippen MR) is 48.3 cm³/mol. The molecule has 0 aromatic rings. The van der Waals surface area contributed by atoms with E-state index in [9.17, 15) is 43.9 Å². The van der Waals surface area contributed by atoms with Gasteiger partial charge in [-0.3, -0.25) is 0 Å². The van der Waals surface area contributed by atoms with Crippen LogP contribution in [0.25, 0.3) is 0 Å². The second-order valence-electron chi connectivity index (χ2n) is 2.86. The van der Waals surface area contributed by atoms with Crippen LogP contribution in [0.15, 0.2) is 0 Å². The summed E-state index contributed by atoms with van der Waals surface area (Å²) in [4.78, 5) is 0. The SMILES string of the molecule is ClCCCl.FCC(F)(F)C(F)(F)C(F)(F)C(F)(F)F. The van der Waals surface area contributed by atoms with Gasteiger partial charge in [0.2, 0.25) is 0 Å². The van der Waals surface area contributed by atoms with Gasteiger partial charge in [0, 0.05) is 11.8 Å². The first-order valence-electron chi connectivity index (χ1n) is 4.11. The maximum atomic E-state index is 12.0. The first kappa shape index (κ1) is 21.2. The summed E-state index contributed by atoms with van der Waals surface area (Å²) in [6, 6.07) is 0. The molecule has 0 bridgehead atoms. The highest BCUT2D eigenvalue weighted by molar-refractivity contribution is 6.25. The maximum absolute atomic E-state index is 12.0. The third-order valence-electron chi connectivity index (χ3n) is 1.45. The fraction of sp³-hybridized carbons (Fsp3) is 1.00. The number of alkyl halides is 12. The molecule has 0 aromatic carbocycles. The summed E-state index contributed by atoms with van der Waals surface area (Å²) >= 11 is 10.1. The van der Waals surface area contributed by atoms with Crippen LogP contribution in [-0.4, -0.2) is 42.4 Å². The molecule has 0 amide bonds. The molecule has 0 spiro atoms. The molecule has 0 radical (unpaired) electrons. The van der Waals surface area contributed by atoms with Crippen LogP contribution in [0.4, 0.5) is 43.9 Å². The molecule has 0 aliphatic carbocycles. The van der Waals surface area contributed by atoms with Gasteiger partial charge in [0.05, 0.1) is 0 Å². The van der Waals surface area contributed by atoms with Gasteiger partial charge in [-0.25, -0.2) is 4.39 Å². The molecular formula is C7H6Cl2F10. The van der Waals surface area contributed by atoms with Gasteiger partial charge in [-0.1, -0.05) is 0 Å². The van der Waals surface area contributed by atoms with Gasteiger partial charge < -0.3 is 0 Å². The minimum absolute atomic E-state index is 0.557. The number of hydrogen-bond acceptors (Lipinski definition) is 0. The summed E-state index contributed by atoms with van der Waals surface area (Å²) in [5.41, 5.74) is 0. The molecule has 0 rings (SSSR count). The molecule has 0 saturated heterocycles. The van der Waals surface area contributed by atoms with Crippen LogP contribution in [-0.2, 0) is 0 Å². The van der Waals surface area contributed by atoms with Crippen LogP contribution in [0, 0.1) is 0 Å². The van der Waals surface area contributed by atoms with Gasteiger partial charge >= 0.3 is 23.9 Å². The Bertz CT molecular complexity index is 259. The highest BCUT2D eigenvalue weighted by Crippen LogP contribution is 2.52. The average Bonchev–Trinajstić information content (AvgIpc) is 2.27. The molecule has 0 saturated carbocycles. The largest absolute Gasteiger partial charge is 0.460 e. The molecule has 118 valence electrons. The van der Waals surface area contributed by atoms with Gasteiger partial charge in [0.25, 0.3) is 0 Å². The summed E-state index contributed by atoms with van der Waals surface area (Å²) in [7, 11) is 0. The lowest BCUT2D eigenvalue weighted by molar-refractivity contribution is -0.397. The molecule has 0 heterocycles. The van der Waals surface area contributed by atoms with E-state index in [-0.39, 0.29) is 0 Å². The van der Waals surface area contributed by atoms with E-state index >= 15 is 0 Å². The molecule has 0 atom stereocenters. The minimum Gasteiger partial charge on any atom is -0.244 e. The summed E-state index contributed by atoms with van der Waals surface area (Å²) in [6.45, 7) is -3.33. The van der Waals surface area contributed by atoms with E-state index < -0.39 is 30.6 Å². The van der Waals surface area contributed by atoms with E-state index in [0.717, 1.165) is 0 Å². The lowest BCUT2D eigenvalue weighted by Gasteiger charge is -2.32. The topological polar surface area (TPSA) is 0 Å². The van der Waals surface area contributed by atoms with Gasteiger partial charge in [-0.15, -0.1) is 23.2 Å². The Morgan fingerprint density at radius 3 is 1.11 bits per heavy atom. The van der Waals surface area contributed by atoms with Gasteiger partial charge in [-0.05, 0) is 0 Å². The Morgan fingerprint density at radius 1 is 0.632 bits per heavy atom. The summed E-state index contributed by atoms with van der Waals surface area (Å²) < 4.78 is 117. The Morgan fingerprint density at radius 2 is 0.947 bits per heavy atom.